The van der Waals surface area contributed by atoms with Crippen LogP contribution < -0.4 is 0 Å². The van der Waals surface area contributed by atoms with Crippen molar-refractivity contribution in [3.05, 3.63) is 133 Å². The van der Waals surface area contributed by atoms with E-state index in [4.69, 9.17) is 4.42 Å². The molecule has 2 nitrogen and oxygen atoms in total. The highest BCUT2D eigenvalue weighted by Gasteiger charge is 2.18. The summed E-state index contributed by atoms with van der Waals surface area (Å²) < 4.78 is 8.47. The van der Waals surface area contributed by atoms with Crippen molar-refractivity contribution < 1.29 is 4.42 Å². The van der Waals surface area contributed by atoms with Crippen molar-refractivity contribution >= 4 is 38.9 Å². The van der Waals surface area contributed by atoms with Gasteiger partial charge in [0.2, 0.25) is 0 Å². The van der Waals surface area contributed by atoms with Gasteiger partial charge in [0.25, 0.3) is 0 Å². The third-order valence-corrected chi connectivity index (χ3v) is 7.87. The molecule has 0 aliphatic heterocycles. The number of hydrogen-bond acceptors (Lipinski definition) is 1. The van der Waals surface area contributed by atoms with Crippen molar-refractivity contribution in [3.63, 3.8) is 0 Å². The number of aromatic nitrogens is 1. The van der Waals surface area contributed by atoms with Gasteiger partial charge in [0.15, 0.2) is 0 Å². The fraction of sp³-hybridized carbons (Fsp3) is 0.0556. The maximum absolute atomic E-state index is 6.05. The van der Waals surface area contributed by atoms with E-state index in [1.54, 1.807) is 0 Å². The van der Waals surface area contributed by atoms with Crippen molar-refractivity contribution in [2.75, 3.05) is 0 Å². The van der Waals surface area contributed by atoms with Crippen LogP contribution in [0, 0.1) is 0 Å². The average molecular weight is 488 g/mol. The molecule has 180 valence electrons. The van der Waals surface area contributed by atoms with Gasteiger partial charge in [-0.15, -0.1) is 0 Å². The Bertz CT molecular complexity index is 2030. The molecule has 0 N–H and O–H groups in total. The van der Waals surface area contributed by atoms with E-state index in [9.17, 15) is 0 Å². The van der Waals surface area contributed by atoms with Gasteiger partial charge >= 0.3 is 0 Å². The number of allylic oxidation sites excluding steroid dienone is 1. The first-order chi connectivity index (χ1) is 18.8. The molecule has 0 spiro atoms. The van der Waals surface area contributed by atoms with Gasteiger partial charge in [-0.05, 0) is 89.2 Å². The Balaban J connectivity index is 1.24. The summed E-state index contributed by atoms with van der Waals surface area (Å²) in [5.74, 6) is 0. The Kier molecular flexibility index (Phi) is 4.68. The minimum Gasteiger partial charge on any atom is -0.456 e. The van der Waals surface area contributed by atoms with E-state index in [0.29, 0.717) is 0 Å². The van der Waals surface area contributed by atoms with Crippen LogP contribution in [-0.2, 0) is 6.42 Å². The van der Waals surface area contributed by atoms with Crippen molar-refractivity contribution in [1.29, 1.82) is 0 Å². The topological polar surface area (TPSA) is 18.1 Å². The summed E-state index contributed by atoms with van der Waals surface area (Å²) >= 11 is 0. The van der Waals surface area contributed by atoms with E-state index in [1.165, 1.54) is 50.1 Å². The van der Waals surface area contributed by atoms with E-state index in [1.807, 2.05) is 12.1 Å². The summed E-state index contributed by atoms with van der Waals surface area (Å²) in [6.45, 7) is 0. The van der Waals surface area contributed by atoms with Crippen molar-refractivity contribution in [1.82, 2.24) is 4.57 Å². The van der Waals surface area contributed by atoms with Crippen LogP contribution in [0.1, 0.15) is 17.7 Å². The van der Waals surface area contributed by atoms with Gasteiger partial charge in [-0.25, -0.2) is 0 Å². The largest absolute Gasteiger partial charge is 0.456 e. The first-order valence-electron chi connectivity index (χ1n) is 13.2. The summed E-state index contributed by atoms with van der Waals surface area (Å²) in [5.41, 5.74) is 11.9. The van der Waals surface area contributed by atoms with Crippen LogP contribution in [0.2, 0.25) is 0 Å². The second kappa shape index (κ2) is 8.36. The fourth-order valence-corrected chi connectivity index (χ4v) is 6.07. The first-order valence-corrected chi connectivity index (χ1v) is 13.2. The number of rotatable bonds is 3. The molecule has 0 bridgehead atoms. The minimum atomic E-state index is 0.926. The van der Waals surface area contributed by atoms with Gasteiger partial charge in [-0.3, -0.25) is 0 Å². The van der Waals surface area contributed by atoms with Crippen LogP contribution in [0.4, 0.5) is 0 Å². The molecule has 0 atom stereocenters. The molecular weight excluding hydrogens is 462 g/mol. The van der Waals surface area contributed by atoms with Crippen LogP contribution in [0.5, 0.6) is 0 Å². The quantitative estimate of drug-likeness (QED) is 0.242. The Morgan fingerprint density at radius 3 is 2.16 bits per heavy atom. The molecule has 1 aliphatic carbocycles. The lowest BCUT2D eigenvalue weighted by atomic mass is 9.97. The number of hydrogen-bond donors (Lipinski definition) is 0. The molecule has 38 heavy (non-hydrogen) atoms. The van der Waals surface area contributed by atoms with Gasteiger partial charge in [0.1, 0.15) is 11.2 Å². The first kappa shape index (κ1) is 21.3. The number of benzene rings is 5. The highest BCUT2D eigenvalue weighted by Crippen LogP contribution is 2.36. The van der Waals surface area contributed by atoms with Crippen molar-refractivity contribution in [2.45, 2.75) is 12.8 Å². The minimum absolute atomic E-state index is 0.926. The second-order valence-electron chi connectivity index (χ2n) is 10.1. The summed E-state index contributed by atoms with van der Waals surface area (Å²) in [4.78, 5) is 0. The molecule has 0 radical (unpaired) electrons. The zero-order valence-corrected chi connectivity index (χ0v) is 20.9. The summed E-state index contributed by atoms with van der Waals surface area (Å²) in [7, 11) is 0. The fourth-order valence-electron chi connectivity index (χ4n) is 6.07. The van der Waals surface area contributed by atoms with Gasteiger partial charge in [0, 0.05) is 27.5 Å². The average Bonchev–Trinajstić information content (AvgIpc) is 3.53. The molecule has 7 aromatic rings. The lowest BCUT2D eigenvalue weighted by Crippen LogP contribution is -2.00. The molecule has 8 rings (SSSR count). The van der Waals surface area contributed by atoms with Gasteiger partial charge in [-0.2, -0.15) is 0 Å². The van der Waals surface area contributed by atoms with Crippen molar-refractivity contribution in [3.8, 4) is 27.9 Å². The van der Waals surface area contributed by atoms with E-state index < -0.39 is 0 Å². The monoisotopic (exact) mass is 487 g/mol. The third-order valence-electron chi connectivity index (χ3n) is 7.87. The number of fused-ring (bicyclic) bond motifs is 6. The number of furan rings is 1. The predicted octanol–water partition coefficient (Wildman–Crippen LogP) is 9.82. The highest BCUT2D eigenvalue weighted by molar-refractivity contribution is 6.06. The molecule has 5 aromatic carbocycles. The van der Waals surface area contributed by atoms with Gasteiger partial charge in [-0.1, -0.05) is 78.9 Å². The summed E-state index contributed by atoms with van der Waals surface area (Å²) in [6.07, 6.45) is 6.79. The van der Waals surface area contributed by atoms with Gasteiger partial charge in [0.05, 0.1) is 5.52 Å². The van der Waals surface area contributed by atoms with E-state index >= 15 is 0 Å². The van der Waals surface area contributed by atoms with Crippen molar-refractivity contribution in [2.24, 2.45) is 0 Å². The summed E-state index contributed by atoms with van der Waals surface area (Å²) in [5, 5.41) is 3.67. The Morgan fingerprint density at radius 1 is 0.553 bits per heavy atom. The van der Waals surface area contributed by atoms with Crippen LogP contribution >= 0.6 is 0 Å². The van der Waals surface area contributed by atoms with E-state index in [-0.39, 0.29) is 0 Å². The third kappa shape index (κ3) is 3.27. The number of nitrogens with zero attached hydrogens (tertiary/aromatic N) is 1. The lowest BCUT2D eigenvalue weighted by Gasteiger charge is -2.14. The maximum Gasteiger partial charge on any atom is 0.135 e. The SMILES string of the molecule is C1=Cc2c(c3ccccc3n2-c2cccc(-c3cccc(-c4ccc5oc6ccccc6c5c4)c3)c2)CC1. The molecule has 2 aromatic heterocycles. The number of aryl methyl sites for hydroxylation is 1. The van der Waals surface area contributed by atoms with Gasteiger partial charge < -0.3 is 8.98 Å². The lowest BCUT2D eigenvalue weighted by molar-refractivity contribution is 0.669. The maximum atomic E-state index is 6.05. The molecule has 1 aliphatic rings. The van der Waals surface area contributed by atoms with E-state index in [2.05, 4.69) is 120 Å². The molecule has 0 fully saturated rings. The van der Waals surface area contributed by atoms with Crippen LogP contribution in [0.15, 0.2) is 126 Å². The zero-order chi connectivity index (χ0) is 25.1. The number of para-hydroxylation sites is 2. The standard InChI is InChI=1S/C36H25NO/c1-4-16-33-29(13-1)30-14-2-5-17-34(30)37(33)28-12-8-11-26(22-28)24-9-7-10-25(21-24)27-19-20-36-32(23-27)31-15-3-6-18-35(31)38-36/h1,3-13,15-23H,2,14H2. The molecule has 0 amide bonds. The molecular formula is C36H25NO. The molecule has 2 heterocycles. The smallest absolute Gasteiger partial charge is 0.135 e. The van der Waals surface area contributed by atoms with Crippen LogP contribution in [0.3, 0.4) is 0 Å². The van der Waals surface area contributed by atoms with Crippen LogP contribution in [-0.4, -0.2) is 4.57 Å². The Hall–Kier alpha value is -4.82. The molecule has 0 unspecified atom stereocenters. The second-order valence-corrected chi connectivity index (χ2v) is 10.1. The Labute approximate surface area is 221 Å². The highest BCUT2D eigenvalue weighted by atomic mass is 16.3. The summed E-state index contributed by atoms with van der Waals surface area (Å²) in [6, 6.07) is 41.3. The zero-order valence-electron chi connectivity index (χ0n) is 20.9. The van der Waals surface area contributed by atoms with Crippen LogP contribution in [0.25, 0.3) is 66.9 Å². The van der Waals surface area contributed by atoms with E-state index in [0.717, 1.165) is 34.8 Å². The Morgan fingerprint density at radius 2 is 1.26 bits per heavy atom. The molecule has 2 heteroatoms. The molecule has 0 saturated carbocycles. The molecule has 0 saturated heterocycles. The normalized spacial score (nSPS) is 12.9. The predicted molar refractivity (Wildman–Crippen MR) is 159 cm³/mol.